The lowest BCUT2D eigenvalue weighted by atomic mass is 10.1. The fourth-order valence-corrected chi connectivity index (χ4v) is 3.87. The molecule has 5 nitrogen and oxygen atoms in total. The monoisotopic (exact) mass is 381 g/mol. The van der Waals surface area contributed by atoms with Gasteiger partial charge in [-0.2, -0.15) is 0 Å². The Hall–Kier alpha value is -1.30. The van der Waals surface area contributed by atoms with E-state index in [-0.39, 0.29) is 18.3 Å². The molecule has 1 aromatic carbocycles. The molecule has 0 bridgehead atoms. The maximum atomic E-state index is 13.0. The van der Waals surface area contributed by atoms with Gasteiger partial charge in [0.05, 0.1) is 13.5 Å². The number of hydrogen-bond acceptors (Lipinski definition) is 4. The van der Waals surface area contributed by atoms with Gasteiger partial charge in [-0.3, -0.25) is 4.79 Å². The Morgan fingerprint density at radius 2 is 1.96 bits per heavy atom. The van der Waals surface area contributed by atoms with Gasteiger partial charge in [0.1, 0.15) is 5.75 Å². The van der Waals surface area contributed by atoms with E-state index in [1.807, 2.05) is 24.3 Å². The van der Waals surface area contributed by atoms with Gasteiger partial charge in [0.25, 0.3) is 0 Å². The van der Waals surface area contributed by atoms with Crippen molar-refractivity contribution >= 4 is 18.3 Å². The van der Waals surface area contributed by atoms with Crippen LogP contribution in [0.2, 0.25) is 0 Å². The number of carbonyl (C=O) groups excluding carboxylic acids is 1. The van der Waals surface area contributed by atoms with Crippen LogP contribution < -0.4 is 10.1 Å². The molecule has 0 radical (unpaired) electrons. The van der Waals surface area contributed by atoms with Gasteiger partial charge in [-0.1, -0.05) is 18.6 Å². The number of nitrogens with zero attached hydrogens (tertiary/aromatic N) is 2. The molecule has 1 N–H and O–H groups in total. The van der Waals surface area contributed by atoms with Gasteiger partial charge < -0.3 is 19.9 Å². The Labute approximate surface area is 163 Å². The number of halogens is 1. The summed E-state index contributed by atoms with van der Waals surface area (Å²) in [5, 5.41) is 3.40. The van der Waals surface area contributed by atoms with Crippen LogP contribution in [0.25, 0.3) is 0 Å². The number of carbonyl (C=O) groups is 1. The molecule has 1 unspecified atom stereocenters. The van der Waals surface area contributed by atoms with Gasteiger partial charge in [0.15, 0.2) is 0 Å². The van der Waals surface area contributed by atoms with Gasteiger partial charge in [-0.15, -0.1) is 12.4 Å². The van der Waals surface area contributed by atoms with Crippen molar-refractivity contribution in [3.63, 3.8) is 0 Å². The molecule has 0 saturated carbocycles. The number of rotatable bonds is 7. The fraction of sp³-hybridized carbons (Fsp3) is 0.650. The minimum absolute atomic E-state index is 0. The molecule has 2 aliphatic heterocycles. The number of amides is 1. The number of nitrogens with one attached hydrogen (secondary N) is 1. The van der Waals surface area contributed by atoms with Crippen LogP contribution in [-0.4, -0.2) is 68.1 Å². The molecule has 26 heavy (non-hydrogen) atoms. The van der Waals surface area contributed by atoms with Crippen LogP contribution in [-0.2, 0) is 11.2 Å². The number of likely N-dealkylation sites (tertiary alicyclic amines) is 1. The molecule has 6 heteroatoms. The fourth-order valence-electron chi connectivity index (χ4n) is 3.87. The molecule has 1 atom stereocenters. The van der Waals surface area contributed by atoms with Crippen molar-refractivity contribution in [2.24, 2.45) is 0 Å². The van der Waals surface area contributed by atoms with Crippen LogP contribution in [0.5, 0.6) is 5.75 Å². The summed E-state index contributed by atoms with van der Waals surface area (Å²) in [6, 6.07) is 8.18. The lowest BCUT2D eigenvalue weighted by Crippen LogP contribution is -2.47. The zero-order valence-corrected chi connectivity index (χ0v) is 16.6. The average molecular weight is 382 g/mol. The first kappa shape index (κ1) is 21.0. The first-order chi connectivity index (χ1) is 12.3. The Kier molecular flexibility index (Phi) is 8.69. The summed E-state index contributed by atoms with van der Waals surface area (Å²) in [6.45, 7) is 6.16. The lowest BCUT2D eigenvalue weighted by Gasteiger charge is -2.33. The van der Waals surface area contributed by atoms with Crippen LogP contribution in [0.1, 0.15) is 31.2 Å². The third kappa shape index (κ3) is 5.86. The number of ether oxygens (including phenoxy) is 1. The molecule has 2 heterocycles. The van der Waals surface area contributed by atoms with Crippen LogP contribution >= 0.6 is 12.4 Å². The molecular formula is C20H32ClN3O2. The molecule has 0 aliphatic carbocycles. The molecule has 3 rings (SSSR count). The van der Waals surface area contributed by atoms with E-state index in [0.717, 1.165) is 43.9 Å². The number of methoxy groups -OCH3 is 1. The molecule has 2 aliphatic rings. The maximum absolute atomic E-state index is 13.0. The van der Waals surface area contributed by atoms with Crippen molar-refractivity contribution in [1.82, 2.24) is 15.1 Å². The molecule has 1 aromatic rings. The van der Waals surface area contributed by atoms with Crippen molar-refractivity contribution in [2.45, 2.75) is 38.1 Å². The van der Waals surface area contributed by atoms with Crippen LogP contribution in [0.3, 0.4) is 0 Å². The van der Waals surface area contributed by atoms with E-state index in [2.05, 4.69) is 15.1 Å². The zero-order valence-electron chi connectivity index (χ0n) is 15.8. The average Bonchev–Trinajstić information content (AvgIpc) is 3.18. The first-order valence-electron chi connectivity index (χ1n) is 9.62. The SMILES string of the molecule is COc1ccc(CC(=O)N(CCN2CCCCC2)C2CCNC2)cc1.Cl. The number of benzene rings is 1. The van der Waals surface area contributed by atoms with Crippen LogP contribution in [0.4, 0.5) is 0 Å². The second-order valence-electron chi connectivity index (χ2n) is 7.16. The Morgan fingerprint density at radius 1 is 1.23 bits per heavy atom. The third-order valence-electron chi connectivity index (χ3n) is 5.42. The van der Waals surface area contributed by atoms with Crippen molar-refractivity contribution in [1.29, 1.82) is 0 Å². The first-order valence-corrected chi connectivity index (χ1v) is 9.62. The molecular weight excluding hydrogens is 350 g/mol. The van der Waals surface area contributed by atoms with Crippen LogP contribution in [0, 0.1) is 0 Å². The molecule has 0 spiro atoms. The standard InChI is InChI=1S/C20H31N3O2.ClH/c1-25-19-7-5-17(6-8-19)15-20(24)23(18-9-10-21-16-18)14-13-22-11-3-2-4-12-22;/h5-8,18,21H,2-4,9-16H2,1H3;1H. The summed E-state index contributed by atoms with van der Waals surface area (Å²) >= 11 is 0. The largest absolute Gasteiger partial charge is 0.497 e. The summed E-state index contributed by atoms with van der Waals surface area (Å²) in [5.41, 5.74) is 1.06. The second-order valence-corrected chi connectivity index (χ2v) is 7.16. The maximum Gasteiger partial charge on any atom is 0.227 e. The van der Waals surface area contributed by atoms with E-state index in [1.54, 1.807) is 7.11 Å². The van der Waals surface area contributed by atoms with Crippen molar-refractivity contribution in [3.05, 3.63) is 29.8 Å². The highest BCUT2D eigenvalue weighted by Crippen LogP contribution is 2.16. The Morgan fingerprint density at radius 3 is 2.58 bits per heavy atom. The Balaban J connectivity index is 0.00000243. The summed E-state index contributed by atoms with van der Waals surface area (Å²) in [5.74, 6) is 1.08. The van der Waals surface area contributed by atoms with Crippen LogP contribution in [0.15, 0.2) is 24.3 Å². The van der Waals surface area contributed by atoms with Gasteiger partial charge in [0, 0.05) is 25.7 Å². The van der Waals surface area contributed by atoms with Gasteiger partial charge in [-0.05, 0) is 56.6 Å². The van der Waals surface area contributed by atoms with E-state index >= 15 is 0 Å². The number of piperidine rings is 1. The smallest absolute Gasteiger partial charge is 0.227 e. The topological polar surface area (TPSA) is 44.8 Å². The van der Waals surface area contributed by atoms with Gasteiger partial charge >= 0.3 is 0 Å². The molecule has 146 valence electrons. The Bertz CT molecular complexity index is 540. The minimum atomic E-state index is 0. The normalized spacial score (nSPS) is 20.4. The quantitative estimate of drug-likeness (QED) is 0.787. The molecule has 2 fully saturated rings. The van der Waals surface area contributed by atoms with E-state index in [0.29, 0.717) is 12.5 Å². The summed E-state index contributed by atoms with van der Waals surface area (Å²) < 4.78 is 5.20. The highest BCUT2D eigenvalue weighted by molar-refractivity contribution is 5.85. The zero-order chi connectivity index (χ0) is 17.5. The van der Waals surface area contributed by atoms with Crippen molar-refractivity contribution < 1.29 is 9.53 Å². The minimum Gasteiger partial charge on any atom is -0.497 e. The number of hydrogen-bond donors (Lipinski definition) is 1. The van der Waals surface area contributed by atoms with Gasteiger partial charge in [-0.25, -0.2) is 0 Å². The highest BCUT2D eigenvalue weighted by atomic mass is 35.5. The second kappa shape index (κ2) is 10.8. The van der Waals surface area contributed by atoms with Crippen molar-refractivity contribution in [3.8, 4) is 5.75 Å². The summed E-state index contributed by atoms with van der Waals surface area (Å²) in [6.07, 6.45) is 5.48. The van der Waals surface area contributed by atoms with E-state index in [1.165, 1.54) is 32.4 Å². The molecule has 1 amide bonds. The third-order valence-corrected chi connectivity index (χ3v) is 5.42. The van der Waals surface area contributed by atoms with Gasteiger partial charge in [0.2, 0.25) is 5.91 Å². The molecule has 0 aromatic heterocycles. The predicted molar refractivity (Wildman–Crippen MR) is 107 cm³/mol. The van der Waals surface area contributed by atoms with E-state index in [4.69, 9.17) is 4.74 Å². The summed E-state index contributed by atoms with van der Waals surface area (Å²) in [4.78, 5) is 17.6. The highest BCUT2D eigenvalue weighted by Gasteiger charge is 2.27. The van der Waals surface area contributed by atoms with Crippen molar-refractivity contribution in [2.75, 3.05) is 46.4 Å². The summed E-state index contributed by atoms with van der Waals surface area (Å²) in [7, 11) is 1.66. The van der Waals surface area contributed by atoms with E-state index in [9.17, 15) is 4.79 Å². The predicted octanol–water partition coefficient (Wildman–Crippen LogP) is 2.34. The molecule has 2 saturated heterocycles. The lowest BCUT2D eigenvalue weighted by molar-refractivity contribution is -0.132. The van der Waals surface area contributed by atoms with E-state index < -0.39 is 0 Å².